The minimum absolute atomic E-state index is 0.308. The predicted molar refractivity (Wildman–Crippen MR) is 113 cm³/mol. The third-order valence-electron chi connectivity index (χ3n) is 4.21. The summed E-state index contributed by atoms with van der Waals surface area (Å²) in [7, 11) is 0. The van der Waals surface area contributed by atoms with E-state index in [1.165, 1.54) is 6.07 Å². The van der Waals surface area contributed by atoms with Crippen LogP contribution >= 0.6 is 0 Å². The molecule has 0 bridgehead atoms. The minimum Gasteiger partial charge on any atom is -0.755 e. The van der Waals surface area contributed by atoms with Crippen LogP contribution in [0.5, 0.6) is 0 Å². The van der Waals surface area contributed by atoms with Crippen molar-refractivity contribution in [3.63, 3.8) is 0 Å². The van der Waals surface area contributed by atoms with E-state index in [1.807, 2.05) is 37.3 Å². The van der Waals surface area contributed by atoms with E-state index in [-0.39, 0.29) is 0 Å². The number of hydrogen-bond donors (Lipinski definition) is 2. The molecule has 0 fully saturated rings. The molecule has 0 aromatic heterocycles. The van der Waals surface area contributed by atoms with Gasteiger partial charge in [0.2, 0.25) is 0 Å². The van der Waals surface area contributed by atoms with Crippen molar-refractivity contribution in [1.29, 1.82) is 0 Å². The van der Waals surface area contributed by atoms with E-state index in [0.717, 1.165) is 31.2 Å². The second kappa shape index (κ2) is 11.5. The number of carbonyl (C=O) groups is 1. The topological polar surface area (TPSA) is 90.5 Å². The Morgan fingerprint density at radius 1 is 1.07 bits per heavy atom. The quantitative estimate of drug-likeness (QED) is 0.322. The van der Waals surface area contributed by atoms with Crippen LogP contribution in [-0.4, -0.2) is 27.9 Å². The summed E-state index contributed by atoms with van der Waals surface area (Å²) in [5, 5.41) is 3.34. The molecule has 0 aliphatic heterocycles. The maximum absolute atomic E-state index is 12.5. The molecule has 0 saturated carbocycles. The van der Waals surface area contributed by atoms with Crippen LogP contribution in [0, 0.1) is 0 Å². The number of anilines is 2. The zero-order valence-corrected chi connectivity index (χ0v) is 17.1. The maximum atomic E-state index is 12.5. The van der Waals surface area contributed by atoms with Gasteiger partial charge in [-0.15, -0.1) is 0 Å². The van der Waals surface area contributed by atoms with Gasteiger partial charge in [-0.3, -0.25) is 4.21 Å². The van der Waals surface area contributed by atoms with Gasteiger partial charge in [-0.1, -0.05) is 57.0 Å². The number of hydrogen-bond acceptors (Lipinski definition) is 5. The molecule has 2 aromatic rings. The van der Waals surface area contributed by atoms with Gasteiger partial charge in [-0.05, 0) is 30.5 Å². The van der Waals surface area contributed by atoms with Gasteiger partial charge >= 0.3 is 5.97 Å². The lowest BCUT2D eigenvalue weighted by Crippen LogP contribution is -2.12. The van der Waals surface area contributed by atoms with Gasteiger partial charge < -0.3 is 19.3 Å². The van der Waals surface area contributed by atoms with Crippen LogP contribution in [0.15, 0.2) is 42.5 Å². The summed E-state index contributed by atoms with van der Waals surface area (Å²) in [5.41, 5.74) is 2.88. The molecular weight excluding hydrogens is 376 g/mol. The van der Waals surface area contributed by atoms with Gasteiger partial charge in [-0.2, -0.15) is 0 Å². The van der Waals surface area contributed by atoms with Crippen molar-refractivity contribution in [3.8, 4) is 11.1 Å². The van der Waals surface area contributed by atoms with Gasteiger partial charge in [0.05, 0.1) is 17.9 Å². The van der Waals surface area contributed by atoms with Crippen LogP contribution in [0.4, 0.5) is 11.4 Å². The average molecular weight is 404 g/mol. The first-order chi connectivity index (χ1) is 13.6. The maximum Gasteiger partial charge on any atom is 0.338 e. The van der Waals surface area contributed by atoms with Crippen LogP contribution in [0.2, 0.25) is 0 Å². The van der Waals surface area contributed by atoms with Gasteiger partial charge in [0.25, 0.3) is 0 Å². The fraction of sp³-hybridized carbons (Fsp3) is 0.381. The molecule has 152 valence electrons. The Bertz CT molecular complexity index is 796. The molecule has 7 heteroatoms. The summed E-state index contributed by atoms with van der Waals surface area (Å²) in [5.74, 6) is -0.466. The molecule has 2 N–H and O–H groups in total. The molecule has 6 nitrogen and oxygen atoms in total. The minimum atomic E-state index is -2.52. The van der Waals surface area contributed by atoms with Crippen molar-refractivity contribution in [3.05, 3.63) is 48.0 Å². The SMILES string of the molecule is CCCCNc1cc(C(=O)OCCCC)cc(NS(=O)[O-])c1-c1ccccc1. The first kappa shape index (κ1) is 21.9. The van der Waals surface area contributed by atoms with Crippen LogP contribution < -0.4 is 10.0 Å². The van der Waals surface area contributed by atoms with E-state index >= 15 is 0 Å². The van der Waals surface area contributed by atoms with E-state index < -0.39 is 17.2 Å². The molecule has 1 unspecified atom stereocenters. The Morgan fingerprint density at radius 3 is 2.39 bits per heavy atom. The number of nitrogens with one attached hydrogen (secondary N) is 2. The highest BCUT2D eigenvalue weighted by Gasteiger charge is 2.17. The molecular formula is C21H27N2O4S-. The monoisotopic (exact) mass is 403 g/mol. The lowest BCUT2D eigenvalue weighted by molar-refractivity contribution is 0.0500. The molecule has 0 heterocycles. The van der Waals surface area contributed by atoms with Crippen LogP contribution in [0.1, 0.15) is 49.9 Å². The Hall–Kier alpha value is -2.38. The van der Waals surface area contributed by atoms with Crippen molar-refractivity contribution in [1.82, 2.24) is 0 Å². The summed E-state index contributed by atoms with van der Waals surface area (Å²) in [6, 6.07) is 12.7. The van der Waals surface area contributed by atoms with Gasteiger partial charge in [0.1, 0.15) is 0 Å². The van der Waals surface area contributed by atoms with Crippen LogP contribution in [0.25, 0.3) is 11.1 Å². The number of unbranched alkanes of at least 4 members (excludes halogenated alkanes) is 2. The van der Waals surface area contributed by atoms with Crippen LogP contribution in [-0.2, 0) is 16.0 Å². The normalized spacial score (nSPS) is 11.7. The Labute approximate surface area is 169 Å². The third kappa shape index (κ3) is 6.35. The van der Waals surface area contributed by atoms with Gasteiger partial charge in [-0.25, -0.2) is 4.79 Å². The number of ether oxygens (including phenoxy) is 1. The largest absolute Gasteiger partial charge is 0.755 e. The molecule has 0 spiro atoms. The standard InChI is InChI=1S/C21H28N2O4S/c1-3-5-12-22-18-14-17(21(24)27-13-6-4-2)15-19(23-28(25)26)20(18)16-10-8-7-9-11-16/h7-11,14-15,22-23H,3-6,12-13H2,1-2H3,(H,25,26)/p-1. The number of carbonyl (C=O) groups excluding carboxylic acids is 1. The van der Waals surface area contributed by atoms with Crippen molar-refractivity contribution in [2.75, 3.05) is 23.2 Å². The molecule has 28 heavy (non-hydrogen) atoms. The smallest absolute Gasteiger partial charge is 0.338 e. The Kier molecular flexibility index (Phi) is 8.97. The number of esters is 1. The van der Waals surface area contributed by atoms with E-state index in [4.69, 9.17) is 4.74 Å². The lowest BCUT2D eigenvalue weighted by Gasteiger charge is -2.20. The molecule has 0 radical (unpaired) electrons. The third-order valence-corrected chi connectivity index (χ3v) is 4.59. The van der Waals surface area contributed by atoms with Crippen molar-refractivity contribution >= 4 is 28.6 Å². The Morgan fingerprint density at radius 2 is 1.75 bits per heavy atom. The first-order valence-electron chi connectivity index (χ1n) is 9.57. The molecule has 2 rings (SSSR count). The predicted octanol–water partition coefficient (Wildman–Crippen LogP) is 4.73. The molecule has 0 aliphatic carbocycles. The van der Waals surface area contributed by atoms with Crippen molar-refractivity contribution in [2.24, 2.45) is 0 Å². The summed E-state index contributed by atoms with van der Waals surface area (Å²) in [4.78, 5) is 12.5. The van der Waals surface area contributed by atoms with Gasteiger partial charge in [0.15, 0.2) is 0 Å². The highest BCUT2D eigenvalue weighted by atomic mass is 32.2. The highest BCUT2D eigenvalue weighted by molar-refractivity contribution is 7.80. The number of rotatable bonds is 11. The summed E-state index contributed by atoms with van der Waals surface area (Å²) in [6.45, 7) is 5.16. The fourth-order valence-electron chi connectivity index (χ4n) is 2.78. The number of benzene rings is 2. The summed E-state index contributed by atoms with van der Waals surface area (Å²) < 4.78 is 30.5. The van der Waals surface area contributed by atoms with E-state index in [0.29, 0.717) is 35.7 Å². The lowest BCUT2D eigenvalue weighted by atomic mass is 9.99. The van der Waals surface area contributed by atoms with Crippen molar-refractivity contribution in [2.45, 2.75) is 39.5 Å². The molecule has 2 aromatic carbocycles. The molecule has 0 aliphatic rings. The van der Waals surface area contributed by atoms with E-state index in [9.17, 15) is 13.6 Å². The van der Waals surface area contributed by atoms with E-state index in [1.54, 1.807) is 6.07 Å². The second-order valence-electron chi connectivity index (χ2n) is 6.42. The second-order valence-corrected chi connectivity index (χ2v) is 7.09. The first-order valence-corrected chi connectivity index (χ1v) is 10.6. The van der Waals surface area contributed by atoms with Gasteiger partial charge in [0, 0.05) is 29.1 Å². The summed E-state index contributed by atoms with van der Waals surface area (Å²) >= 11 is -2.52. The molecule has 0 saturated heterocycles. The Balaban J connectivity index is 2.50. The zero-order chi connectivity index (χ0) is 20.4. The van der Waals surface area contributed by atoms with Crippen LogP contribution in [0.3, 0.4) is 0 Å². The molecule has 1 atom stereocenters. The zero-order valence-electron chi connectivity index (χ0n) is 16.3. The average Bonchev–Trinajstić information content (AvgIpc) is 2.68. The van der Waals surface area contributed by atoms with Crippen molar-refractivity contribution < 1.29 is 18.3 Å². The van der Waals surface area contributed by atoms with E-state index in [2.05, 4.69) is 17.0 Å². The summed E-state index contributed by atoms with van der Waals surface area (Å²) in [6.07, 6.45) is 3.68. The molecule has 0 amide bonds. The fourth-order valence-corrected chi connectivity index (χ4v) is 3.12. The highest BCUT2D eigenvalue weighted by Crippen LogP contribution is 2.37.